The number of hydrogen-bond acceptors (Lipinski definition) is 28. The van der Waals surface area contributed by atoms with Gasteiger partial charge in [-0.25, -0.2) is 9.97 Å². The molecule has 3 aromatic rings. The van der Waals surface area contributed by atoms with Crippen LogP contribution in [0.4, 0.5) is 0 Å². The Hall–Kier alpha value is -4.54. The van der Waals surface area contributed by atoms with Gasteiger partial charge in [-0.2, -0.15) is 0 Å². The van der Waals surface area contributed by atoms with E-state index in [1.54, 1.807) is 6.07 Å². The summed E-state index contributed by atoms with van der Waals surface area (Å²) in [5.41, 5.74) is 19.9. The number of nitrogens with zero attached hydrogens (tertiary/aromatic N) is 10. The average molecular weight is 1790 g/mol. The van der Waals surface area contributed by atoms with Gasteiger partial charge < -0.3 is 102 Å². The molecule has 0 aliphatic carbocycles. The van der Waals surface area contributed by atoms with Gasteiger partial charge in [-0.3, -0.25) is 70.3 Å². The number of aryl methyl sites for hydroxylation is 4. The Bertz CT molecular complexity index is 3700. The second-order valence-electron chi connectivity index (χ2n) is 22.8. The number of carboxylic acid groups (broad SMARTS) is 8. The summed E-state index contributed by atoms with van der Waals surface area (Å²) in [5, 5.41) is 91.3. The molecule has 5 rings (SSSR count). The minimum absolute atomic E-state index is 0. The molecular weight excluding hydrogens is 1710 g/mol. The molecule has 102 heavy (non-hydrogen) atoms. The van der Waals surface area contributed by atoms with Crippen molar-refractivity contribution in [2.24, 2.45) is 0 Å². The first kappa shape index (κ1) is 99.5. The number of carboxylic acids is 8. The van der Waals surface area contributed by atoms with Crippen LogP contribution in [0.1, 0.15) is 98.4 Å². The molecule has 0 spiro atoms. The molecule has 8 bridgehead atoms. The van der Waals surface area contributed by atoms with E-state index in [0.29, 0.717) is 79.9 Å². The molecule has 0 saturated heterocycles. The van der Waals surface area contributed by atoms with Gasteiger partial charge >= 0.3 is 156 Å². The van der Waals surface area contributed by atoms with Gasteiger partial charge in [-0.1, -0.05) is 54.3 Å². The molecule has 544 valence electrons. The van der Waals surface area contributed by atoms with Crippen molar-refractivity contribution in [2.75, 3.05) is 118 Å². The van der Waals surface area contributed by atoms with Gasteiger partial charge in [0.15, 0.2) is 0 Å². The molecule has 0 aromatic carbocycles. The first-order valence-corrected chi connectivity index (χ1v) is 30.4. The SMILES string of the molecule is CCC1=C(C)c2cc3[n-]c(cc4[n-]c(cc5nc(cc1n2)C(C)=C5CC)c(C)c4CCC(=O)NNC(=O)CN(CCN(CCN(CC(=O)[O-])CC(=O)[O-])CC(=O)[O-])CC(=O)[O-])c(CCC(=O)NNC(=O)CN(CCN(CCN(CC(=O)[O-])CC(=O)[O-])CC(=O)[O-])CC(=O)[O-])c3C.[Cl-].[Gd+3].[Gd+3].[Mn+3].[Na+].[Na+]. The number of carbonyl (C=O) groups excluding carboxylic acids is 12. The van der Waals surface area contributed by atoms with Crippen LogP contribution in [0, 0.1) is 93.7 Å². The number of fused-ring (bicyclic) bond motifs is 8. The van der Waals surface area contributed by atoms with Crippen LogP contribution in [-0.4, -0.2) is 229 Å². The molecule has 2 aliphatic rings. The molecule has 5 heterocycles. The number of carbonyl (C=O) groups is 12. The molecule has 0 saturated carbocycles. The van der Waals surface area contributed by atoms with Crippen molar-refractivity contribution in [3.63, 3.8) is 0 Å². The summed E-state index contributed by atoms with van der Waals surface area (Å²) in [7, 11) is 0. The number of aliphatic carboxylic acids is 8. The monoisotopic (exact) mass is 1790 g/mol. The standard InChI is InChI=1S/C62H84N14O20.ClH.2Gd.Mn.2Na/c1-7-39-35(3)43-21-44-37(5)41(9-11-51(77)67-69-53(79)25-73(29-57(85)86)17-13-71(27-55(81)82)15-19-75(31-59(89)90)32-60(91)92)49(65-44)24-50-42(38(6)46(66-50)23-48-40(8-2)36(4)45(64-48)22-47(39)63-43)10-12-52(78)68-70-54(80)26-74(30-58(87)88)18-14-72(28-56(83)84)16-20-76(33-61(93)94)34-62(95)96;;;;;;/h21-24H,7-20,25-34H2,1-6H3,(H14,63,64,65,66,67,68,69,70,77,78,79,80,81,82,83,84,85,86,87,88,89,90,91,92,93,94,95,96);1H;;;;;/q;;3*+3;2*+1/p-11. The van der Waals surface area contributed by atoms with Crippen molar-refractivity contribution in [1.82, 2.24) is 71.0 Å². The molecule has 0 atom stereocenters. The maximum absolute atomic E-state index is 13.6. The average Bonchev–Trinajstić information content (AvgIpc) is 1.62. The molecule has 0 fully saturated rings. The number of rotatable bonds is 40. The zero-order valence-electron chi connectivity index (χ0n) is 57.4. The summed E-state index contributed by atoms with van der Waals surface area (Å²) in [6, 6.07) is 7.32. The zero-order valence-corrected chi connectivity index (χ0v) is 67.9. The minimum atomic E-state index is -1.61. The molecule has 40 heteroatoms. The van der Waals surface area contributed by atoms with E-state index in [0.717, 1.165) is 41.9 Å². The van der Waals surface area contributed by atoms with E-state index >= 15 is 0 Å². The summed E-state index contributed by atoms with van der Waals surface area (Å²) in [6.45, 7) is 1.81. The number of amides is 4. The normalized spacial score (nSPS) is 11.6. The summed E-state index contributed by atoms with van der Waals surface area (Å²) < 4.78 is 0. The van der Waals surface area contributed by atoms with Crippen LogP contribution in [0.2, 0.25) is 0 Å². The topological polar surface area (TPSA) is 511 Å². The minimum Gasteiger partial charge on any atom is -1.00 e. The van der Waals surface area contributed by atoms with Crippen molar-refractivity contribution in [3.05, 3.63) is 69.3 Å². The first-order valence-electron chi connectivity index (χ1n) is 30.4. The number of aromatic nitrogens is 4. The third-order valence-electron chi connectivity index (χ3n) is 15.7. The van der Waals surface area contributed by atoms with Crippen LogP contribution in [0.3, 0.4) is 0 Å². The molecular formula is C62H74ClGd2MnN14Na2O20. The number of hydrazine groups is 2. The fourth-order valence-electron chi connectivity index (χ4n) is 10.9. The second kappa shape index (κ2) is 49.3. The van der Waals surface area contributed by atoms with E-state index in [4.69, 9.17) is 19.9 Å². The molecule has 4 N–H and O–H groups in total. The Balaban J connectivity index is 0. The van der Waals surface area contributed by atoms with Crippen LogP contribution in [0.5, 0.6) is 0 Å². The van der Waals surface area contributed by atoms with E-state index in [2.05, 4.69) is 21.7 Å². The van der Waals surface area contributed by atoms with Crippen molar-refractivity contribution in [1.29, 1.82) is 0 Å². The van der Waals surface area contributed by atoms with Gasteiger partial charge in [-0.15, -0.1) is 22.1 Å². The number of nitrogens with one attached hydrogen (secondary N) is 4. The predicted molar refractivity (Wildman–Crippen MR) is 322 cm³/mol. The Labute approximate surface area is 712 Å². The van der Waals surface area contributed by atoms with Gasteiger partial charge in [0.2, 0.25) is 11.8 Å². The van der Waals surface area contributed by atoms with Gasteiger partial charge in [0.1, 0.15) is 0 Å². The molecule has 2 radical (unpaired) electrons. The number of hydrogen-bond donors (Lipinski definition) is 4. The van der Waals surface area contributed by atoms with E-state index in [-0.39, 0.29) is 247 Å². The van der Waals surface area contributed by atoms with Crippen LogP contribution in [-0.2, 0) is 87.4 Å². The largest absolute Gasteiger partial charge is 3.00 e. The van der Waals surface area contributed by atoms with Crippen molar-refractivity contribution in [3.8, 4) is 0 Å². The number of halogens is 1. The third-order valence-corrected chi connectivity index (χ3v) is 15.7. The van der Waals surface area contributed by atoms with Crippen LogP contribution >= 0.6 is 0 Å². The molecule has 4 amide bonds. The van der Waals surface area contributed by atoms with Crippen LogP contribution in [0.25, 0.3) is 44.4 Å². The zero-order chi connectivity index (χ0) is 71.1. The van der Waals surface area contributed by atoms with Gasteiger partial charge in [0, 0.05) is 118 Å². The molecule has 0 unspecified atom stereocenters. The Morgan fingerprint density at radius 1 is 0.363 bits per heavy atom. The van der Waals surface area contributed by atoms with E-state index in [1.165, 1.54) is 9.80 Å². The van der Waals surface area contributed by atoms with Crippen molar-refractivity contribution in [2.45, 2.75) is 80.1 Å². The third kappa shape index (κ3) is 33.5. The van der Waals surface area contributed by atoms with Crippen molar-refractivity contribution < 1.29 is 267 Å². The maximum atomic E-state index is 13.6. The fraction of sp³-hybridized carbons (Fsp3) is 0.484. The summed E-state index contributed by atoms with van der Waals surface area (Å²) >= 11 is 0. The van der Waals surface area contributed by atoms with Gasteiger partial charge in [-0.05, 0) is 81.7 Å². The maximum Gasteiger partial charge on any atom is 3.00 e. The smallest absolute Gasteiger partial charge is 1.00 e. The van der Waals surface area contributed by atoms with Gasteiger partial charge in [0.05, 0.1) is 83.6 Å². The van der Waals surface area contributed by atoms with E-state index in [9.17, 15) is 98.4 Å². The van der Waals surface area contributed by atoms with Gasteiger partial charge in [0.25, 0.3) is 11.8 Å². The van der Waals surface area contributed by atoms with Crippen LogP contribution in [0.15, 0.2) is 24.3 Å². The van der Waals surface area contributed by atoms with Crippen LogP contribution < -0.4 is 144 Å². The number of allylic oxidation sites excluding steroid dienone is 4. The predicted octanol–water partition coefficient (Wildman–Crippen LogP) is -20.1. The quantitative estimate of drug-likeness (QED) is 0.0303. The van der Waals surface area contributed by atoms with E-state index < -0.39 is 137 Å². The second-order valence-corrected chi connectivity index (χ2v) is 22.8. The molecule has 3 aromatic heterocycles. The molecule has 2 aliphatic heterocycles. The Morgan fingerprint density at radius 2 is 0.608 bits per heavy atom. The van der Waals surface area contributed by atoms with E-state index in [1.807, 2.05) is 59.7 Å². The summed E-state index contributed by atoms with van der Waals surface area (Å²) in [6.07, 6.45) is 0.793. The fourth-order valence-corrected chi connectivity index (χ4v) is 10.9. The summed E-state index contributed by atoms with van der Waals surface area (Å²) in [5.74, 6) is -15.9. The Morgan fingerprint density at radius 3 is 0.902 bits per heavy atom. The van der Waals surface area contributed by atoms with Crippen molar-refractivity contribution >= 4 is 116 Å². The Kier molecular flexibility index (Phi) is 48.1. The molecule has 34 nitrogen and oxygen atoms in total. The summed E-state index contributed by atoms with van der Waals surface area (Å²) in [4.78, 5) is 172. The first-order chi connectivity index (χ1) is 45.3.